The van der Waals surface area contributed by atoms with Crippen LogP contribution in [0.3, 0.4) is 0 Å². The Labute approximate surface area is 179 Å². The molecule has 27 heavy (non-hydrogen) atoms. The first-order valence-electron chi connectivity index (χ1n) is 11.7. The molecule has 0 saturated heterocycles. The summed E-state index contributed by atoms with van der Waals surface area (Å²) in [6.45, 7) is 5.49. The van der Waals surface area contributed by atoms with E-state index in [-0.39, 0.29) is 6.61 Å². The van der Waals surface area contributed by atoms with Gasteiger partial charge in [-0.2, -0.15) is 0 Å². The Kier molecular flexibility index (Phi) is 22.4. The van der Waals surface area contributed by atoms with Crippen LogP contribution in [0.4, 0.5) is 0 Å². The van der Waals surface area contributed by atoms with Crippen molar-refractivity contribution >= 4 is 28.7 Å². The molecule has 0 amide bonds. The van der Waals surface area contributed by atoms with Gasteiger partial charge in [-0.05, 0) is 12.8 Å². The fourth-order valence-corrected chi connectivity index (χ4v) is 8.20. The molecule has 164 valence electrons. The molecule has 0 aromatic carbocycles. The lowest BCUT2D eigenvalue weighted by Gasteiger charge is -2.21. The van der Waals surface area contributed by atoms with Gasteiger partial charge in [0.25, 0.3) is 0 Å². The summed E-state index contributed by atoms with van der Waals surface area (Å²) in [5, 5.41) is 9.36. The van der Waals surface area contributed by atoms with E-state index in [2.05, 4.69) is 13.8 Å². The maximum Gasteiger partial charge on any atom is 0.121 e. The van der Waals surface area contributed by atoms with E-state index in [0.29, 0.717) is 6.16 Å². The summed E-state index contributed by atoms with van der Waals surface area (Å²) < 4.78 is 6.12. The van der Waals surface area contributed by atoms with Crippen LogP contribution in [0.1, 0.15) is 117 Å². The highest BCUT2D eigenvalue weighted by Crippen LogP contribution is 2.59. The molecule has 0 aliphatic heterocycles. The van der Waals surface area contributed by atoms with E-state index in [9.17, 15) is 5.11 Å². The predicted octanol–water partition coefficient (Wildman–Crippen LogP) is 8.32. The first kappa shape index (κ1) is 27.9. The maximum atomic E-state index is 9.36. The quantitative estimate of drug-likeness (QED) is 0.136. The molecule has 0 spiro atoms. The lowest BCUT2D eigenvalue weighted by Crippen LogP contribution is -1.99. The number of aliphatic hydroxyl groups is 1. The summed E-state index contributed by atoms with van der Waals surface area (Å²) in [7, 11) is 0. The average Bonchev–Trinajstić information content (AvgIpc) is 2.66. The van der Waals surface area contributed by atoms with Gasteiger partial charge in [0.15, 0.2) is 0 Å². The molecule has 0 heterocycles. The van der Waals surface area contributed by atoms with Crippen molar-refractivity contribution in [3.63, 3.8) is 0 Å². The van der Waals surface area contributed by atoms with Gasteiger partial charge in [0.2, 0.25) is 0 Å². The Balaban J connectivity index is 3.65. The Bertz CT molecular complexity index is 314. The van der Waals surface area contributed by atoms with E-state index in [0.717, 1.165) is 18.8 Å². The largest absolute Gasteiger partial charge is 0.396 e. The van der Waals surface area contributed by atoms with Gasteiger partial charge in [0.05, 0.1) is 13.2 Å². The Hall–Kier alpha value is 0.920. The number of aliphatic hydroxyl groups excluding tert-OH is 1. The van der Waals surface area contributed by atoms with Crippen molar-refractivity contribution in [1.82, 2.24) is 0 Å². The number of hydrogen-bond donors (Lipinski definition) is 1. The SMILES string of the molecule is CCCCCCCCCCOP(=S)(CCO)SCCCCCCCCCC. The highest BCUT2D eigenvalue weighted by molar-refractivity contribution is 8.69. The topological polar surface area (TPSA) is 29.5 Å². The smallest absolute Gasteiger partial charge is 0.121 e. The summed E-state index contributed by atoms with van der Waals surface area (Å²) >= 11 is 7.63. The summed E-state index contributed by atoms with van der Waals surface area (Å²) in [5.74, 6) is 1.10. The van der Waals surface area contributed by atoms with E-state index in [4.69, 9.17) is 16.3 Å². The molecule has 0 bridgehead atoms. The molecule has 0 aromatic rings. The Morgan fingerprint density at radius 2 is 1.15 bits per heavy atom. The summed E-state index contributed by atoms with van der Waals surface area (Å²) in [6, 6.07) is 0. The van der Waals surface area contributed by atoms with Crippen molar-refractivity contribution in [3.05, 3.63) is 0 Å². The normalized spacial score (nSPS) is 13.7. The zero-order valence-corrected chi connectivity index (χ0v) is 20.8. The molecule has 0 fully saturated rings. The molecule has 0 aliphatic carbocycles. The molecule has 0 radical (unpaired) electrons. The zero-order valence-electron chi connectivity index (χ0n) is 18.3. The van der Waals surface area contributed by atoms with E-state index >= 15 is 0 Å². The Morgan fingerprint density at radius 1 is 0.704 bits per heavy atom. The summed E-state index contributed by atoms with van der Waals surface area (Å²) in [5.41, 5.74) is -1.86. The predicted molar refractivity (Wildman–Crippen MR) is 130 cm³/mol. The van der Waals surface area contributed by atoms with Gasteiger partial charge in [-0.1, -0.05) is 127 Å². The van der Waals surface area contributed by atoms with E-state index in [1.165, 1.54) is 96.3 Å². The molecule has 1 unspecified atom stereocenters. The van der Waals surface area contributed by atoms with Crippen LogP contribution in [0.5, 0.6) is 0 Å². The molecule has 0 saturated carbocycles. The van der Waals surface area contributed by atoms with Crippen molar-refractivity contribution < 1.29 is 9.63 Å². The summed E-state index contributed by atoms with van der Waals surface area (Å²) in [4.78, 5) is 0. The Morgan fingerprint density at radius 3 is 1.63 bits per heavy atom. The molecule has 0 rings (SSSR count). The molecule has 1 N–H and O–H groups in total. The third-order valence-corrected chi connectivity index (χ3v) is 11.5. The standard InChI is InChI=1S/C22H47O2PS2/c1-3-5-7-9-11-13-15-17-20-24-25(26,21-19-23)27-22-18-16-14-12-10-8-6-4-2/h23H,3-22H2,1-2H3. The fraction of sp³-hybridized carbons (Fsp3) is 1.00. The minimum absolute atomic E-state index is 0.166. The first-order valence-corrected chi connectivity index (χ1v) is 16.2. The second-order valence-corrected chi connectivity index (χ2v) is 15.3. The van der Waals surface area contributed by atoms with Gasteiger partial charge in [0, 0.05) is 11.9 Å². The van der Waals surface area contributed by atoms with Crippen molar-refractivity contribution in [3.8, 4) is 0 Å². The second kappa shape index (κ2) is 21.6. The van der Waals surface area contributed by atoms with E-state index in [1.54, 1.807) is 0 Å². The minimum Gasteiger partial charge on any atom is -0.396 e. The van der Waals surface area contributed by atoms with E-state index in [1.807, 2.05) is 11.4 Å². The monoisotopic (exact) mass is 438 g/mol. The van der Waals surface area contributed by atoms with E-state index < -0.39 is 5.47 Å². The van der Waals surface area contributed by atoms with Gasteiger partial charge >= 0.3 is 0 Å². The van der Waals surface area contributed by atoms with Gasteiger partial charge in [-0.25, -0.2) is 0 Å². The second-order valence-electron chi connectivity index (χ2n) is 7.67. The molecule has 1 atom stereocenters. The van der Waals surface area contributed by atoms with Crippen LogP contribution in [0.25, 0.3) is 0 Å². The first-order chi connectivity index (χ1) is 13.2. The lowest BCUT2D eigenvalue weighted by atomic mass is 10.1. The van der Waals surface area contributed by atoms with Crippen LogP contribution in [0.15, 0.2) is 0 Å². The molecule has 0 aromatic heterocycles. The van der Waals surface area contributed by atoms with Crippen LogP contribution in [-0.2, 0) is 16.3 Å². The van der Waals surface area contributed by atoms with Crippen LogP contribution < -0.4 is 0 Å². The van der Waals surface area contributed by atoms with Crippen LogP contribution in [-0.4, -0.2) is 30.2 Å². The van der Waals surface area contributed by atoms with Gasteiger partial charge < -0.3 is 9.63 Å². The van der Waals surface area contributed by atoms with Crippen molar-refractivity contribution in [2.45, 2.75) is 117 Å². The molecule has 2 nitrogen and oxygen atoms in total. The van der Waals surface area contributed by atoms with Crippen molar-refractivity contribution in [1.29, 1.82) is 0 Å². The average molecular weight is 439 g/mol. The number of rotatable bonds is 22. The highest BCUT2D eigenvalue weighted by atomic mass is 32.9. The fourth-order valence-electron chi connectivity index (χ4n) is 3.17. The van der Waals surface area contributed by atoms with Crippen LogP contribution >= 0.6 is 16.8 Å². The third-order valence-electron chi connectivity index (χ3n) is 4.95. The molecule has 0 aliphatic rings. The maximum absolute atomic E-state index is 9.36. The zero-order chi connectivity index (χ0) is 20.1. The molecular weight excluding hydrogens is 391 g/mol. The third kappa shape index (κ3) is 20.0. The van der Waals surface area contributed by atoms with Gasteiger partial charge in [0.1, 0.15) is 5.47 Å². The van der Waals surface area contributed by atoms with Crippen molar-refractivity contribution in [2.75, 3.05) is 25.1 Å². The molecular formula is C22H47O2PS2. The van der Waals surface area contributed by atoms with Crippen molar-refractivity contribution in [2.24, 2.45) is 0 Å². The molecule has 5 heteroatoms. The van der Waals surface area contributed by atoms with Crippen LogP contribution in [0, 0.1) is 0 Å². The summed E-state index contributed by atoms with van der Waals surface area (Å²) in [6.07, 6.45) is 22.0. The van der Waals surface area contributed by atoms with Gasteiger partial charge in [-0.15, -0.1) is 0 Å². The minimum atomic E-state index is -1.86. The van der Waals surface area contributed by atoms with Crippen LogP contribution in [0.2, 0.25) is 0 Å². The van der Waals surface area contributed by atoms with Gasteiger partial charge in [-0.3, -0.25) is 0 Å². The number of unbranched alkanes of at least 4 members (excludes halogenated alkanes) is 14. The highest BCUT2D eigenvalue weighted by Gasteiger charge is 2.17. The number of hydrogen-bond acceptors (Lipinski definition) is 4. The lowest BCUT2D eigenvalue weighted by molar-refractivity contribution is 0.306.